The minimum Gasteiger partial charge on any atom is -0.356 e. The number of benzene rings is 1. The molecule has 1 aromatic carbocycles. The lowest BCUT2D eigenvalue weighted by molar-refractivity contribution is 0.251. The molecule has 1 aliphatic heterocycles. The van der Waals surface area contributed by atoms with Crippen molar-refractivity contribution in [1.29, 1.82) is 0 Å². The number of hydrogen-bond donors (Lipinski definition) is 2. The van der Waals surface area contributed by atoms with Gasteiger partial charge in [0.25, 0.3) is 0 Å². The molecular weight excluding hydrogens is 284 g/mol. The summed E-state index contributed by atoms with van der Waals surface area (Å²) in [5.74, 6) is 1.65. The van der Waals surface area contributed by atoms with Crippen molar-refractivity contribution in [1.82, 2.24) is 15.5 Å². The second-order valence-electron chi connectivity index (χ2n) is 6.76. The lowest BCUT2D eigenvalue weighted by atomic mass is 10.00. The molecule has 128 valence electrons. The van der Waals surface area contributed by atoms with Gasteiger partial charge >= 0.3 is 0 Å². The number of hydrogen-bond acceptors (Lipinski definition) is 2. The summed E-state index contributed by atoms with van der Waals surface area (Å²) in [6.45, 7) is 9.86. The molecule has 2 N–H and O–H groups in total. The van der Waals surface area contributed by atoms with Crippen molar-refractivity contribution in [2.75, 3.05) is 33.2 Å². The van der Waals surface area contributed by atoms with E-state index in [0.29, 0.717) is 0 Å². The van der Waals surface area contributed by atoms with Crippen LogP contribution in [0.4, 0.5) is 0 Å². The quantitative estimate of drug-likeness (QED) is 0.461. The molecule has 4 heteroatoms. The van der Waals surface area contributed by atoms with Gasteiger partial charge in [0, 0.05) is 39.8 Å². The predicted molar refractivity (Wildman–Crippen MR) is 98.9 cm³/mol. The van der Waals surface area contributed by atoms with Crippen molar-refractivity contribution in [2.24, 2.45) is 10.9 Å². The smallest absolute Gasteiger partial charge is 0.190 e. The molecule has 1 aromatic rings. The van der Waals surface area contributed by atoms with Crippen molar-refractivity contribution in [2.45, 2.75) is 39.7 Å². The Hall–Kier alpha value is -1.55. The van der Waals surface area contributed by atoms with Gasteiger partial charge in [0.15, 0.2) is 5.96 Å². The number of fused-ring (bicyclic) bond motifs is 1. The molecule has 0 radical (unpaired) electrons. The van der Waals surface area contributed by atoms with Gasteiger partial charge in [-0.05, 0) is 36.3 Å². The van der Waals surface area contributed by atoms with Crippen LogP contribution >= 0.6 is 0 Å². The normalized spacial score (nSPS) is 15.6. The molecule has 0 fully saturated rings. The van der Waals surface area contributed by atoms with Crippen molar-refractivity contribution in [3.05, 3.63) is 35.4 Å². The number of aliphatic imine (C=N–C) groups is 1. The number of nitrogens with zero attached hydrogens (tertiary/aromatic N) is 2. The Morgan fingerprint density at radius 3 is 2.65 bits per heavy atom. The third-order valence-corrected chi connectivity index (χ3v) is 4.39. The van der Waals surface area contributed by atoms with Crippen molar-refractivity contribution >= 4 is 5.96 Å². The average molecular weight is 316 g/mol. The van der Waals surface area contributed by atoms with Crippen LogP contribution in [0.15, 0.2) is 29.3 Å². The van der Waals surface area contributed by atoms with Gasteiger partial charge in [-0.15, -0.1) is 0 Å². The molecule has 0 amide bonds. The van der Waals surface area contributed by atoms with Crippen LogP contribution in [-0.2, 0) is 13.0 Å². The van der Waals surface area contributed by atoms with Crippen molar-refractivity contribution in [3.8, 4) is 0 Å². The van der Waals surface area contributed by atoms with Gasteiger partial charge in [-0.3, -0.25) is 9.89 Å². The maximum absolute atomic E-state index is 4.28. The number of guanidine groups is 1. The Bertz CT molecular complexity index is 496. The van der Waals surface area contributed by atoms with Crippen LogP contribution < -0.4 is 10.6 Å². The monoisotopic (exact) mass is 316 g/mol. The van der Waals surface area contributed by atoms with Crippen molar-refractivity contribution < 1.29 is 0 Å². The third-order valence-electron chi connectivity index (χ3n) is 4.39. The molecular formula is C19H32N4. The summed E-state index contributed by atoms with van der Waals surface area (Å²) in [5.41, 5.74) is 3.02. The fraction of sp³-hybridized carbons (Fsp3) is 0.632. The first-order chi connectivity index (χ1) is 11.2. The molecule has 4 nitrogen and oxygen atoms in total. The Balaban J connectivity index is 1.62. The summed E-state index contributed by atoms with van der Waals surface area (Å²) >= 11 is 0. The van der Waals surface area contributed by atoms with Crippen molar-refractivity contribution in [3.63, 3.8) is 0 Å². The minimum atomic E-state index is 0.725. The Morgan fingerprint density at radius 1 is 1.17 bits per heavy atom. The average Bonchev–Trinajstić information content (AvgIpc) is 2.56. The molecule has 0 spiro atoms. The van der Waals surface area contributed by atoms with Gasteiger partial charge in [-0.25, -0.2) is 0 Å². The molecule has 0 aliphatic carbocycles. The predicted octanol–water partition coefficient (Wildman–Crippen LogP) is 2.65. The summed E-state index contributed by atoms with van der Waals surface area (Å²) < 4.78 is 0. The van der Waals surface area contributed by atoms with E-state index >= 15 is 0 Å². The van der Waals surface area contributed by atoms with E-state index in [4.69, 9.17) is 0 Å². The first-order valence-corrected chi connectivity index (χ1v) is 8.92. The fourth-order valence-electron chi connectivity index (χ4n) is 2.95. The molecule has 2 rings (SSSR count). The van der Waals surface area contributed by atoms with Gasteiger partial charge in [0.1, 0.15) is 0 Å². The van der Waals surface area contributed by atoms with Crippen LogP contribution in [0.5, 0.6) is 0 Å². The third kappa shape index (κ3) is 6.22. The van der Waals surface area contributed by atoms with Gasteiger partial charge in [-0.1, -0.05) is 38.1 Å². The lowest BCUT2D eigenvalue weighted by Crippen LogP contribution is -2.39. The second-order valence-corrected chi connectivity index (χ2v) is 6.76. The summed E-state index contributed by atoms with van der Waals surface area (Å²) in [6.07, 6.45) is 3.50. The highest BCUT2D eigenvalue weighted by molar-refractivity contribution is 5.79. The van der Waals surface area contributed by atoms with Gasteiger partial charge in [0.2, 0.25) is 0 Å². The molecule has 1 aliphatic rings. The summed E-state index contributed by atoms with van der Waals surface area (Å²) in [5, 5.41) is 6.79. The maximum atomic E-state index is 4.28. The molecule has 0 saturated heterocycles. The summed E-state index contributed by atoms with van der Waals surface area (Å²) in [6, 6.07) is 8.83. The SMILES string of the molecule is CN=C(NCCCN1CCc2ccccc2C1)NCCC(C)C. The second kappa shape index (κ2) is 9.56. The molecule has 0 atom stereocenters. The Morgan fingerprint density at radius 2 is 1.91 bits per heavy atom. The molecule has 23 heavy (non-hydrogen) atoms. The number of nitrogens with one attached hydrogen (secondary N) is 2. The van der Waals surface area contributed by atoms with Crippen LogP contribution in [0.2, 0.25) is 0 Å². The molecule has 1 heterocycles. The molecule has 0 saturated carbocycles. The van der Waals surface area contributed by atoms with Crippen LogP contribution in [0.3, 0.4) is 0 Å². The Kier molecular flexibility index (Phi) is 7.40. The van der Waals surface area contributed by atoms with E-state index in [-0.39, 0.29) is 0 Å². The Labute approximate surface area is 141 Å². The zero-order chi connectivity index (χ0) is 16.5. The first-order valence-electron chi connectivity index (χ1n) is 8.92. The van der Waals surface area contributed by atoms with Crippen LogP contribution in [0, 0.1) is 5.92 Å². The summed E-state index contributed by atoms with van der Waals surface area (Å²) in [7, 11) is 1.84. The van der Waals surface area contributed by atoms with E-state index in [0.717, 1.165) is 44.5 Å². The van der Waals surface area contributed by atoms with E-state index < -0.39 is 0 Å². The highest BCUT2D eigenvalue weighted by Gasteiger charge is 2.14. The fourth-order valence-corrected chi connectivity index (χ4v) is 2.95. The minimum absolute atomic E-state index is 0.725. The van der Waals surface area contributed by atoms with E-state index in [1.165, 1.54) is 30.5 Å². The van der Waals surface area contributed by atoms with Crippen LogP contribution in [-0.4, -0.2) is 44.1 Å². The standard InChI is InChI=1S/C19H32N4/c1-16(2)9-12-22-19(20-3)21-11-6-13-23-14-10-17-7-4-5-8-18(17)15-23/h4-5,7-8,16H,6,9-15H2,1-3H3,(H2,20,21,22). The van der Waals surface area contributed by atoms with Crippen LogP contribution in [0.1, 0.15) is 37.8 Å². The zero-order valence-corrected chi connectivity index (χ0v) is 14.9. The molecule has 0 bridgehead atoms. The highest BCUT2D eigenvalue weighted by atomic mass is 15.2. The zero-order valence-electron chi connectivity index (χ0n) is 14.9. The first kappa shape index (κ1) is 17.8. The number of rotatable bonds is 7. The van der Waals surface area contributed by atoms with Crippen LogP contribution in [0.25, 0.3) is 0 Å². The van der Waals surface area contributed by atoms with E-state index in [9.17, 15) is 0 Å². The topological polar surface area (TPSA) is 39.7 Å². The largest absolute Gasteiger partial charge is 0.356 e. The molecule has 0 aromatic heterocycles. The maximum Gasteiger partial charge on any atom is 0.190 e. The van der Waals surface area contributed by atoms with Gasteiger partial charge < -0.3 is 10.6 Å². The van der Waals surface area contributed by atoms with Gasteiger partial charge in [0.05, 0.1) is 0 Å². The molecule has 0 unspecified atom stereocenters. The summed E-state index contributed by atoms with van der Waals surface area (Å²) in [4.78, 5) is 6.83. The van der Waals surface area contributed by atoms with E-state index in [1.54, 1.807) is 0 Å². The van der Waals surface area contributed by atoms with E-state index in [1.807, 2.05) is 7.05 Å². The van der Waals surface area contributed by atoms with E-state index in [2.05, 4.69) is 58.6 Å². The highest BCUT2D eigenvalue weighted by Crippen LogP contribution is 2.18. The van der Waals surface area contributed by atoms with Gasteiger partial charge in [-0.2, -0.15) is 0 Å². The lowest BCUT2D eigenvalue weighted by Gasteiger charge is -2.28.